The smallest absolute Gasteiger partial charge is 0.256 e. The number of ether oxygens (including phenoxy) is 1. The maximum Gasteiger partial charge on any atom is 0.256 e. The molecule has 4 aromatic carbocycles. The predicted octanol–water partition coefficient (Wildman–Crippen LogP) is 7.92. The molecule has 0 saturated carbocycles. The van der Waals surface area contributed by atoms with Gasteiger partial charge >= 0.3 is 0 Å². The predicted molar refractivity (Wildman–Crippen MR) is 152 cm³/mol. The number of fused-ring (bicyclic) bond motifs is 2. The number of anilines is 1. The first-order chi connectivity index (χ1) is 18.6. The number of aromatic amines is 2. The van der Waals surface area contributed by atoms with Crippen LogP contribution in [0.5, 0.6) is 11.5 Å². The summed E-state index contributed by atoms with van der Waals surface area (Å²) in [6.45, 7) is 0. The molecule has 6 rings (SSSR count). The number of nitrogens with one attached hydrogen (secondary N) is 3. The maximum absolute atomic E-state index is 12.9. The lowest BCUT2D eigenvalue weighted by molar-refractivity contribution is 0.102. The summed E-state index contributed by atoms with van der Waals surface area (Å²) in [5.74, 6) is 1.13. The molecule has 1 amide bonds. The van der Waals surface area contributed by atoms with Gasteiger partial charge in [-0.3, -0.25) is 9.89 Å². The molecule has 6 nitrogen and oxygen atoms in total. The Morgan fingerprint density at radius 3 is 2.61 bits per heavy atom. The summed E-state index contributed by atoms with van der Waals surface area (Å²) in [5.41, 5.74) is 5.43. The first-order valence-electron chi connectivity index (χ1n) is 12.5. The van der Waals surface area contributed by atoms with Gasteiger partial charge in [0.05, 0.1) is 5.52 Å². The van der Waals surface area contributed by atoms with Crippen molar-refractivity contribution in [1.29, 1.82) is 0 Å². The number of benzene rings is 4. The van der Waals surface area contributed by atoms with Crippen molar-refractivity contribution >= 4 is 45.0 Å². The zero-order valence-electron chi connectivity index (χ0n) is 20.5. The molecular weight excluding hydrogens is 496 g/mol. The summed E-state index contributed by atoms with van der Waals surface area (Å²) in [7, 11) is 0. The average molecular weight is 521 g/mol. The Bertz CT molecular complexity index is 1740. The van der Waals surface area contributed by atoms with Gasteiger partial charge in [0.2, 0.25) is 0 Å². The lowest BCUT2D eigenvalue weighted by Crippen LogP contribution is -2.12. The van der Waals surface area contributed by atoms with Gasteiger partial charge in [-0.2, -0.15) is 5.10 Å². The minimum atomic E-state index is -0.172. The van der Waals surface area contributed by atoms with Gasteiger partial charge in [-0.15, -0.1) is 0 Å². The minimum Gasteiger partial charge on any atom is -0.457 e. The second kappa shape index (κ2) is 10.4. The van der Waals surface area contributed by atoms with Gasteiger partial charge in [-0.1, -0.05) is 35.9 Å². The van der Waals surface area contributed by atoms with E-state index in [4.69, 9.17) is 16.3 Å². The van der Waals surface area contributed by atoms with E-state index >= 15 is 0 Å². The molecule has 6 aromatic rings. The van der Waals surface area contributed by atoms with Crippen molar-refractivity contribution in [3.63, 3.8) is 0 Å². The molecule has 0 aliphatic carbocycles. The zero-order chi connectivity index (χ0) is 25.9. The van der Waals surface area contributed by atoms with E-state index < -0.39 is 0 Å². The highest BCUT2D eigenvalue weighted by atomic mass is 35.5. The lowest BCUT2D eigenvalue weighted by Gasteiger charge is -2.10. The topological polar surface area (TPSA) is 82.8 Å². The first kappa shape index (κ1) is 23.8. The second-order valence-corrected chi connectivity index (χ2v) is 9.63. The number of aromatic nitrogens is 3. The normalized spacial score (nSPS) is 11.2. The summed E-state index contributed by atoms with van der Waals surface area (Å²) in [6, 6.07) is 28.8. The van der Waals surface area contributed by atoms with Crippen LogP contribution in [0.4, 0.5) is 5.69 Å². The van der Waals surface area contributed by atoms with Crippen LogP contribution in [0.1, 0.15) is 28.0 Å². The monoisotopic (exact) mass is 520 g/mol. The Balaban J connectivity index is 1.11. The molecule has 0 radical (unpaired) electrons. The van der Waals surface area contributed by atoms with Crippen molar-refractivity contribution in [3.8, 4) is 11.5 Å². The lowest BCUT2D eigenvalue weighted by atomic mass is 10.1. The van der Waals surface area contributed by atoms with Crippen LogP contribution in [0, 0.1) is 0 Å². The van der Waals surface area contributed by atoms with Crippen molar-refractivity contribution in [3.05, 3.63) is 119 Å². The quantitative estimate of drug-likeness (QED) is 0.190. The van der Waals surface area contributed by atoms with Gasteiger partial charge in [-0.05, 0) is 79.4 Å². The standard InChI is InChI=1S/C31H25ClN4O2/c32-21-12-10-20(11-13-21)4-1-9-29-27-15-14-24(19-30(27)36-35-29)38-23-6-2-5-22(18-23)34-31(37)26-7-3-8-28-25(26)16-17-33-28/h2-3,5-8,10-19,33H,1,4,9H2,(H,34,37)(H,35,36). The summed E-state index contributed by atoms with van der Waals surface area (Å²) in [5, 5.41) is 13.4. The van der Waals surface area contributed by atoms with Crippen molar-refractivity contribution in [1.82, 2.24) is 15.2 Å². The zero-order valence-corrected chi connectivity index (χ0v) is 21.3. The molecule has 0 bridgehead atoms. The van der Waals surface area contributed by atoms with E-state index in [0.717, 1.165) is 51.8 Å². The number of hydrogen-bond acceptors (Lipinski definition) is 3. The fourth-order valence-electron chi connectivity index (χ4n) is 4.68. The number of halogens is 1. The fourth-order valence-corrected chi connectivity index (χ4v) is 4.80. The Kier molecular flexibility index (Phi) is 6.54. The molecule has 7 heteroatoms. The number of hydrogen-bond donors (Lipinski definition) is 3. The van der Waals surface area contributed by atoms with Crippen LogP contribution >= 0.6 is 11.6 Å². The fraction of sp³-hybridized carbons (Fsp3) is 0.0968. The van der Waals surface area contributed by atoms with Gasteiger partial charge in [-0.25, -0.2) is 0 Å². The van der Waals surface area contributed by atoms with Crippen molar-refractivity contribution in [2.24, 2.45) is 0 Å². The van der Waals surface area contributed by atoms with Crippen molar-refractivity contribution in [2.75, 3.05) is 5.32 Å². The van der Waals surface area contributed by atoms with Crippen LogP contribution in [0.15, 0.2) is 97.2 Å². The van der Waals surface area contributed by atoms with E-state index in [-0.39, 0.29) is 5.91 Å². The van der Waals surface area contributed by atoms with E-state index in [2.05, 4.69) is 32.6 Å². The van der Waals surface area contributed by atoms with Crippen LogP contribution in [0.25, 0.3) is 21.8 Å². The Morgan fingerprint density at radius 1 is 0.868 bits per heavy atom. The number of rotatable bonds is 8. The summed E-state index contributed by atoms with van der Waals surface area (Å²) in [4.78, 5) is 16.1. The molecule has 0 aliphatic rings. The largest absolute Gasteiger partial charge is 0.457 e. The molecule has 0 unspecified atom stereocenters. The van der Waals surface area contributed by atoms with E-state index in [0.29, 0.717) is 22.7 Å². The highest BCUT2D eigenvalue weighted by Crippen LogP contribution is 2.29. The maximum atomic E-state index is 12.9. The van der Waals surface area contributed by atoms with Gasteiger partial charge in [0.25, 0.3) is 5.91 Å². The number of aryl methyl sites for hydroxylation is 2. The van der Waals surface area contributed by atoms with Crippen LogP contribution in [0.2, 0.25) is 5.02 Å². The second-order valence-electron chi connectivity index (χ2n) is 9.19. The van der Waals surface area contributed by atoms with Crippen LogP contribution in [-0.4, -0.2) is 21.1 Å². The number of carbonyl (C=O) groups excluding carboxylic acids is 1. The molecule has 38 heavy (non-hydrogen) atoms. The van der Waals surface area contributed by atoms with E-state index in [1.165, 1.54) is 5.56 Å². The SMILES string of the molecule is O=C(Nc1cccc(Oc2ccc3c(CCCc4ccc(Cl)cc4)[nH]nc3c2)c1)c1cccc2[nH]ccc12. The van der Waals surface area contributed by atoms with Gasteiger partial charge in [0.15, 0.2) is 0 Å². The van der Waals surface area contributed by atoms with E-state index in [1.807, 2.05) is 85.1 Å². The highest BCUT2D eigenvalue weighted by molar-refractivity contribution is 6.30. The number of carbonyl (C=O) groups is 1. The van der Waals surface area contributed by atoms with Crippen LogP contribution in [0.3, 0.4) is 0 Å². The van der Waals surface area contributed by atoms with Crippen molar-refractivity contribution in [2.45, 2.75) is 19.3 Å². The third-order valence-electron chi connectivity index (χ3n) is 6.58. The summed E-state index contributed by atoms with van der Waals surface area (Å²) in [6.07, 6.45) is 4.72. The minimum absolute atomic E-state index is 0.172. The third kappa shape index (κ3) is 5.12. The van der Waals surface area contributed by atoms with Gasteiger partial charge in [0.1, 0.15) is 11.5 Å². The van der Waals surface area contributed by atoms with Gasteiger partial charge in [0, 0.05) is 56.6 Å². The van der Waals surface area contributed by atoms with Crippen LogP contribution in [-0.2, 0) is 12.8 Å². The number of amides is 1. The van der Waals surface area contributed by atoms with E-state index in [9.17, 15) is 4.79 Å². The summed E-state index contributed by atoms with van der Waals surface area (Å²) >= 11 is 5.98. The Hall–Kier alpha value is -4.55. The molecule has 0 atom stereocenters. The summed E-state index contributed by atoms with van der Waals surface area (Å²) < 4.78 is 6.11. The molecule has 188 valence electrons. The molecular formula is C31H25ClN4O2. The van der Waals surface area contributed by atoms with Crippen molar-refractivity contribution < 1.29 is 9.53 Å². The number of nitrogens with zero attached hydrogens (tertiary/aromatic N) is 1. The molecule has 0 fully saturated rings. The average Bonchev–Trinajstić information content (AvgIpc) is 3.57. The Labute approximate surface area is 224 Å². The molecule has 2 aromatic heterocycles. The molecule has 0 spiro atoms. The Morgan fingerprint density at radius 2 is 1.71 bits per heavy atom. The van der Waals surface area contributed by atoms with Crippen LogP contribution < -0.4 is 10.1 Å². The third-order valence-corrected chi connectivity index (χ3v) is 6.83. The number of H-pyrrole nitrogens is 2. The molecule has 0 aliphatic heterocycles. The van der Waals surface area contributed by atoms with E-state index in [1.54, 1.807) is 0 Å². The van der Waals surface area contributed by atoms with Gasteiger partial charge < -0.3 is 15.0 Å². The molecule has 3 N–H and O–H groups in total. The highest BCUT2D eigenvalue weighted by Gasteiger charge is 2.12. The molecule has 0 saturated heterocycles. The molecule has 2 heterocycles. The first-order valence-corrected chi connectivity index (χ1v) is 12.9.